The van der Waals surface area contributed by atoms with Gasteiger partial charge in [-0.15, -0.1) is 0 Å². The Morgan fingerprint density at radius 3 is 2.15 bits per heavy atom. The molecule has 0 bridgehead atoms. The van der Waals surface area contributed by atoms with Crippen molar-refractivity contribution in [1.82, 2.24) is 0 Å². The van der Waals surface area contributed by atoms with Crippen LogP contribution in [0.1, 0.15) is 46.0 Å². The van der Waals surface area contributed by atoms with Crippen LogP contribution in [0.3, 0.4) is 0 Å². The van der Waals surface area contributed by atoms with Crippen LogP contribution in [-0.2, 0) is 0 Å². The largest absolute Gasteiger partial charge is 0.327 e. The maximum Gasteiger partial charge on any atom is 0.00707 e. The molecule has 1 heteroatoms. The standard InChI is InChI=1S/C12H23N/c1-3-5-6-7-8-9-10-11-12(13)4-2/h5-6,9-10,12H,3-4,7-8,11,13H2,1-2H3/b6-5-,10-9?. The zero-order chi connectivity index (χ0) is 9.94. The number of nitrogens with two attached hydrogens (primary N) is 1. The monoisotopic (exact) mass is 181 g/mol. The van der Waals surface area contributed by atoms with Gasteiger partial charge in [0.05, 0.1) is 0 Å². The minimum atomic E-state index is 0.349. The molecule has 76 valence electrons. The number of hydrogen-bond donors (Lipinski definition) is 1. The average molecular weight is 181 g/mol. The zero-order valence-corrected chi connectivity index (χ0v) is 9.00. The quantitative estimate of drug-likeness (QED) is 0.472. The molecule has 1 atom stereocenters. The van der Waals surface area contributed by atoms with Crippen molar-refractivity contribution < 1.29 is 0 Å². The molecule has 0 spiro atoms. The van der Waals surface area contributed by atoms with Crippen molar-refractivity contribution in [1.29, 1.82) is 0 Å². The average Bonchev–Trinajstić information content (AvgIpc) is 2.16. The van der Waals surface area contributed by atoms with Crippen LogP contribution in [0, 0.1) is 0 Å². The van der Waals surface area contributed by atoms with E-state index in [1.807, 2.05) is 0 Å². The summed E-state index contributed by atoms with van der Waals surface area (Å²) in [6.45, 7) is 4.29. The van der Waals surface area contributed by atoms with E-state index < -0.39 is 0 Å². The van der Waals surface area contributed by atoms with Crippen LogP contribution in [0.25, 0.3) is 0 Å². The fraction of sp³-hybridized carbons (Fsp3) is 0.667. The minimum absolute atomic E-state index is 0.349. The van der Waals surface area contributed by atoms with Crippen molar-refractivity contribution in [3.05, 3.63) is 24.3 Å². The third-order valence-electron chi connectivity index (χ3n) is 2.03. The predicted molar refractivity (Wildman–Crippen MR) is 60.7 cm³/mol. The number of hydrogen-bond acceptors (Lipinski definition) is 1. The van der Waals surface area contributed by atoms with Gasteiger partial charge in [0.2, 0.25) is 0 Å². The molecular weight excluding hydrogens is 158 g/mol. The first kappa shape index (κ1) is 12.4. The van der Waals surface area contributed by atoms with Crippen molar-refractivity contribution in [3.8, 4) is 0 Å². The molecule has 2 N–H and O–H groups in total. The van der Waals surface area contributed by atoms with E-state index in [1.165, 1.54) is 0 Å². The Hall–Kier alpha value is -0.560. The fourth-order valence-corrected chi connectivity index (χ4v) is 1.03. The molecule has 0 radical (unpaired) electrons. The molecule has 0 saturated carbocycles. The smallest absolute Gasteiger partial charge is 0.00707 e. The molecule has 0 fully saturated rings. The van der Waals surface area contributed by atoms with E-state index >= 15 is 0 Å². The maximum absolute atomic E-state index is 5.77. The van der Waals surface area contributed by atoms with E-state index in [-0.39, 0.29) is 0 Å². The van der Waals surface area contributed by atoms with Gasteiger partial charge in [-0.05, 0) is 32.1 Å². The highest BCUT2D eigenvalue weighted by atomic mass is 14.6. The molecule has 1 nitrogen and oxygen atoms in total. The van der Waals surface area contributed by atoms with Gasteiger partial charge in [0, 0.05) is 6.04 Å². The van der Waals surface area contributed by atoms with Crippen LogP contribution in [0.5, 0.6) is 0 Å². The second-order valence-corrected chi connectivity index (χ2v) is 3.33. The van der Waals surface area contributed by atoms with Crippen LogP contribution in [-0.4, -0.2) is 6.04 Å². The molecular formula is C12H23N. The second kappa shape index (κ2) is 9.53. The lowest BCUT2D eigenvalue weighted by Crippen LogP contribution is -2.16. The van der Waals surface area contributed by atoms with Gasteiger partial charge in [0.25, 0.3) is 0 Å². The van der Waals surface area contributed by atoms with Crippen LogP contribution in [0.15, 0.2) is 24.3 Å². The Morgan fingerprint density at radius 2 is 1.62 bits per heavy atom. The minimum Gasteiger partial charge on any atom is -0.327 e. The summed E-state index contributed by atoms with van der Waals surface area (Å²) >= 11 is 0. The zero-order valence-electron chi connectivity index (χ0n) is 9.00. The summed E-state index contributed by atoms with van der Waals surface area (Å²) < 4.78 is 0. The fourth-order valence-electron chi connectivity index (χ4n) is 1.03. The van der Waals surface area contributed by atoms with Crippen LogP contribution in [0.4, 0.5) is 0 Å². The van der Waals surface area contributed by atoms with E-state index in [1.54, 1.807) is 0 Å². The summed E-state index contributed by atoms with van der Waals surface area (Å²) in [5.74, 6) is 0. The Morgan fingerprint density at radius 1 is 1.00 bits per heavy atom. The second-order valence-electron chi connectivity index (χ2n) is 3.33. The lowest BCUT2D eigenvalue weighted by molar-refractivity contribution is 0.658. The molecule has 0 aromatic rings. The maximum atomic E-state index is 5.77. The molecule has 0 aromatic heterocycles. The third kappa shape index (κ3) is 9.35. The van der Waals surface area contributed by atoms with Crippen molar-refractivity contribution in [2.45, 2.75) is 52.0 Å². The van der Waals surface area contributed by atoms with Crippen molar-refractivity contribution >= 4 is 0 Å². The summed E-state index contributed by atoms with van der Waals surface area (Å²) in [7, 11) is 0. The van der Waals surface area contributed by atoms with Crippen LogP contribution >= 0.6 is 0 Å². The summed E-state index contributed by atoms with van der Waals surface area (Å²) in [5, 5.41) is 0. The van der Waals surface area contributed by atoms with Gasteiger partial charge >= 0.3 is 0 Å². The van der Waals surface area contributed by atoms with Gasteiger partial charge in [-0.1, -0.05) is 38.2 Å². The van der Waals surface area contributed by atoms with Gasteiger partial charge < -0.3 is 5.73 Å². The van der Waals surface area contributed by atoms with Gasteiger partial charge in [0.1, 0.15) is 0 Å². The lowest BCUT2D eigenvalue weighted by atomic mass is 10.1. The molecule has 0 rings (SSSR count). The van der Waals surface area contributed by atoms with E-state index in [0.717, 1.165) is 32.1 Å². The molecule has 0 heterocycles. The topological polar surface area (TPSA) is 26.0 Å². The van der Waals surface area contributed by atoms with Crippen LogP contribution in [0.2, 0.25) is 0 Å². The van der Waals surface area contributed by atoms with Crippen LogP contribution < -0.4 is 5.73 Å². The first-order chi connectivity index (χ1) is 6.31. The van der Waals surface area contributed by atoms with Crippen molar-refractivity contribution in [2.75, 3.05) is 0 Å². The molecule has 0 aromatic carbocycles. The first-order valence-electron chi connectivity index (χ1n) is 5.36. The molecule has 0 amide bonds. The van der Waals surface area contributed by atoms with E-state index in [4.69, 9.17) is 5.73 Å². The van der Waals surface area contributed by atoms with E-state index in [9.17, 15) is 0 Å². The summed E-state index contributed by atoms with van der Waals surface area (Å²) in [5.41, 5.74) is 5.77. The Balaban J connectivity index is 3.26. The SMILES string of the molecule is CC/C=C\CCC=CCC(N)CC. The Labute approximate surface area is 82.7 Å². The summed E-state index contributed by atoms with van der Waals surface area (Å²) in [6, 6.07) is 0.349. The van der Waals surface area contributed by atoms with Gasteiger partial charge in [-0.3, -0.25) is 0 Å². The van der Waals surface area contributed by atoms with Gasteiger partial charge in [-0.2, -0.15) is 0 Å². The van der Waals surface area contributed by atoms with E-state index in [2.05, 4.69) is 38.2 Å². The predicted octanol–water partition coefficient (Wildman–Crippen LogP) is 3.42. The van der Waals surface area contributed by atoms with Crippen molar-refractivity contribution in [3.63, 3.8) is 0 Å². The Bertz CT molecular complexity index is 147. The Kier molecular flexibility index (Phi) is 9.12. The first-order valence-corrected chi connectivity index (χ1v) is 5.36. The number of unbranched alkanes of at least 4 members (excludes halogenated alkanes) is 1. The summed E-state index contributed by atoms with van der Waals surface area (Å²) in [4.78, 5) is 0. The van der Waals surface area contributed by atoms with Gasteiger partial charge in [-0.25, -0.2) is 0 Å². The van der Waals surface area contributed by atoms with E-state index in [0.29, 0.717) is 6.04 Å². The molecule has 1 unspecified atom stereocenters. The molecule has 0 aliphatic rings. The lowest BCUT2D eigenvalue weighted by Gasteiger charge is -2.02. The molecule has 0 aliphatic carbocycles. The normalized spacial score (nSPS) is 14.4. The summed E-state index contributed by atoms with van der Waals surface area (Å²) in [6.07, 6.45) is 14.4. The number of rotatable bonds is 7. The highest BCUT2D eigenvalue weighted by Crippen LogP contribution is 1.98. The number of allylic oxidation sites excluding steroid dienone is 3. The molecule has 0 aliphatic heterocycles. The molecule has 0 saturated heterocycles. The molecule has 13 heavy (non-hydrogen) atoms. The van der Waals surface area contributed by atoms with Gasteiger partial charge in [0.15, 0.2) is 0 Å². The van der Waals surface area contributed by atoms with Crippen molar-refractivity contribution in [2.24, 2.45) is 5.73 Å². The highest BCUT2D eigenvalue weighted by Gasteiger charge is 1.92. The highest BCUT2D eigenvalue weighted by molar-refractivity contribution is 4.89. The third-order valence-corrected chi connectivity index (χ3v) is 2.03.